The zero-order chi connectivity index (χ0) is 11.3. The van der Waals surface area contributed by atoms with Crippen LogP contribution < -0.4 is 5.32 Å². The van der Waals surface area contributed by atoms with Gasteiger partial charge in [0.15, 0.2) is 0 Å². The van der Waals surface area contributed by atoms with Crippen LogP contribution in [0.4, 0.5) is 0 Å². The lowest BCUT2D eigenvalue weighted by atomic mass is 9.80. The van der Waals surface area contributed by atoms with Gasteiger partial charge in [0.05, 0.1) is 0 Å². The molecule has 0 aromatic carbocycles. The molecule has 0 saturated carbocycles. The quantitative estimate of drug-likeness (QED) is 0.793. The standard InChI is InChI=1S/C14H27NO/c1-2-14(8-3-4-10-15-14)9-7-13-6-5-11-16-12-13/h13,15H,2-12H2,1H3. The van der Waals surface area contributed by atoms with E-state index in [-0.39, 0.29) is 0 Å². The van der Waals surface area contributed by atoms with E-state index < -0.39 is 0 Å². The Balaban J connectivity index is 1.77. The molecule has 0 aromatic rings. The van der Waals surface area contributed by atoms with Crippen molar-refractivity contribution < 1.29 is 4.74 Å². The molecule has 2 fully saturated rings. The van der Waals surface area contributed by atoms with Crippen molar-refractivity contribution >= 4 is 0 Å². The van der Waals surface area contributed by atoms with Gasteiger partial charge in [-0.3, -0.25) is 0 Å². The van der Waals surface area contributed by atoms with Crippen LogP contribution in [0.3, 0.4) is 0 Å². The summed E-state index contributed by atoms with van der Waals surface area (Å²) >= 11 is 0. The Bertz CT molecular complexity index is 193. The summed E-state index contributed by atoms with van der Waals surface area (Å²) < 4.78 is 5.57. The molecule has 0 radical (unpaired) electrons. The van der Waals surface area contributed by atoms with Crippen molar-refractivity contribution in [3.63, 3.8) is 0 Å². The van der Waals surface area contributed by atoms with E-state index in [0.717, 1.165) is 19.1 Å². The predicted octanol–water partition coefficient (Wildman–Crippen LogP) is 3.12. The average molecular weight is 225 g/mol. The molecule has 2 aliphatic rings. The van der Waals surface area contributed by atoms with Crippen LogP contribution in [0.1, 0.15) is 58.3 Å². The molecule has 0 aromatic heterocycles. The molecule has 94 valence electrons. The Labute approximate surface area is 100 Å². The topological polar surface area (TPSA) is 21.3 Å². The monoisotopic (exact) mass is 225 g/mol. The average Bonchev–Trinajstić information content (AvgIpc) is 2.39. The maximum absolute atomic E-state index is 5.57. The van der Waals surface area contributed by atoms with Gasteiger partial charge in [-0.15, -0.1) is 0 Å². The highest BCUT2D eigenvalue weighted by Gasteiger charge is 2.30. The number of rotatable bonds is 4. The molecular formula is C14H27NO. The lowest BCUT2D eigenvalue weighted by Crippen LogP contribution is -2.48. The van der Waals surface area contributed by atoms with Crippen molar-refractivity contribution in [1.82, 2.24) is 5.32 Å². The van der Waals surface area contributed by atoms with Gasteiger partial charge in [-0.1, -0.05) is 13.3 Å². The number of hydrogen-bond donors (Lipinski definition) is 1. The Kier molecular flexibility index (Phi) is 4.66. The van der Waals surface area contributed by atoms with Gasteiger partial charge in [0, 0.05) is 18.8 Å². The molecule has 2 heterocycles. The molecule has 2 unspecified atom stereocenters. The molecule has 0 bridgehead atoms. The zero-order valence-electron chi connectivity index (χ0n) is 10.8. The van der Waals surface area contributed by atoms with Crippen LogP contribution in [0.15, 0.2) is 0 Å². The summed E-state index contributed by atoms with van der Waals surface area (Å²) in [6.07, 6.45) is 10.9. The highest BCUT2D eigenvalue weighted by atomic mass is 16.5. The molecule has 2 heteroatoms. The highest BCUT2D eigenvalue weighted by molar-refractivity contribution is 4.90. The van der Waals surface area contributed by atoms with E-state index in [9.17, 15) is 0 Å². The van der Waals surface area contributed by atoms with Crippen molar-refractivity contribution in [2.75, 3.05) is 19.8 Å². The molecule has 2 atom stereocenters. The molecule has 2 nitrogen and oxygen atoms in total. The van der Waals surface area contributed by atoms with Gasteiger partial charge in [0.25, 0.3) is 0 Å². The third-order valence-electron chi connectivity index (χ3n) is 4.54. The van der Waals surface area contributed by atoms with Crippen molar-refractivity contribution in [2.24, 2.45) is 5.92 Å². The Hall–Kier alpha value is -0.0800. The molecule has 2 rings (SSSR count). The van der Waals surface area contributed by atoms with Crippen LogP contribution in [0.5, 0.6) is 0 Å². The maximum atomic E-state index is 5.57. The predicted molar refractivity (Wildman–Crippen MR) is 67.7 cm³/mol. The van der Waals surface area contributed by atoms with E-state index in [1.165, 1.54) is 57.9 Å². The Morgan fingerprint density at radius 3 is 2.88 bits per heavy atom. The molecule has 0 aliphatic carbocycles. The van der Waals surface area contributed by atoms with Gasteiger partial charge >= 0.3 is 0 Å². The minimum absolute atomic E-state index is 0.468. The lowest BCUT2D eigenvalue weighted by Gasteiger charge is -2.39. The van der Waals surface area contributed by atoms with E-state index in [4.69, 9.17) is 4.74 Å². The molecule has 0 amide bonds. The van der Waals surface area contributed by atoms with Gasteiger partial charge in [-0.25, -0.2) is 0 Å². The largest absolute Gasteiger partial charge is 0.381 e. The summed E-state index contributed by atoms with van der Waals surface area (Å²) in [6.45, 7) is 5.58. The third kappa shape index (κ3) is 3.21. The minimum atomic E-state index is 0.468. The van der Waals surface area contributed by atoms with Crippen molar-refractivity contribution in [1.29, 1.82) is 0 Å². The van der Waals surface area contributed by atoms with Crippen molar-refractivity contribution in [3.05, 3.63) is 0 Å². The number of hydrogen-bond acceptors (Lipinski definition) is 2. The normalized spacial score (nSPS) is 36.2. The molecule has 0 spiro atoms. The van der Waals surface area contributed by atoms with Gasteiger partial charge in [0.2, 0.25) is 0 Å². The molecule has 2 saturated heterocycles. The fourth-order valence-corrected chi connectivity index (χ4v) is 3.24. The summed E-state index contributed by atoms with van der Waals surface area (Å²) in [6, 6.07) is 0. The van der Waals surface area contributed by atoms with E-state index in [2.05, 4.69) is 12.2 Å². The molecular weight excluding hydrogens is 198 g/mol. The number of ether oxygens (including phenoxy) is 1. The second kappa shape index (κ2) is 6.02. The van der Waals surface area contributed by atoms with Gasteiger partial charge < -0.3 is 10.1 Å². The van der Waals surface area contributed by atoms with E-state index >= 15 is 0 Å². The van der Waals surface area contributed by atoms with Gasteiger partial charge in [-0.05, 0) is 57.4 Å². The smallest absolute Gasteiger partial charge is 0.0494 e. The molecule has 1 N–H and O–H groups in total. The molecule has 16 heavy (non-hydrogen) atoms. The second-order valence-corrected chi connectivity index (χ2v) is 5.64. The first-order valence-corrected chi connectivity index (χ1v) is 7.17. The van der Waals surface area contributed by atoms with E-state index in [1.807, 2.05) is 0 Å². The van der Waals surface area contributed by atoms with Crippen LogP contribution in [-0.2, 0) is 4.74 Å². The summed E-state index contributed by atoms with van der Waals surface area (Å²) in [5, 5.41) is 3.78. The minimum Gasteiger partial charge on any atom is -0.381 e. The van der Waals surface area contributed by atoms with Crippen LogP contribution in [0, 0.1) is 5.92 Å². The summed E-state index contributed by atoms with van der Waals surface area (Å²) in [4.78, 5) is 0. The molecule has 2 aliphatic heterocycles. The SMILES string of the molecule is CCC1(CCC2CCCOC2)CCCCN1. The third-order valence-corrected chi connectivity index (χ3v) is 4.54. The van der Waals surface area contributed by atoms with E-state index in [0.29, 0.717) is 5.54 Å². The van der Waals surface area contributed by atoms with Gasteiger partial charge in [-0.2, -0.15) is 0 Å². The fourth-order valence-electron chi connectivity index (χ4n) is 3.24. The summed E-state index contributed by atoms with van der Waals surface area (Å²) in [5.74, 6) is 0.834. The highest BCUT2D eigenvalue weighted by Crippen LogP contribution is 2.30. The van der Waals surface area contributed by atoms with E-state index in [1.54, 1.807) is 0 Å². The van der Waals surface area contributed by atoms with Crippen LogP contribution in [0.25, 0.3) is 0 Å². The summed E-state index contributed by atoms with van der Waals surface area (Å²) in [7, 11) is 0. The van der Waals surface area contributed by atoms with Crippen LogP contribution in [0.2, 0.25) is 0 Å². The van der Waals surface area contributed by atoms with Crippen molar-refractivity contribution in [2.45, 2.75) is 63.8 Å². The maximum Gasteiger partial charge on any atom is 0.0494 e. The van der Waals surface area contributed by atoms with Crippen LogP contribution in [-0.4, -0.2) is 25.3 Å². The first-order valence-electron chi connectivity index (χ1n) is 7.17. The fraction of sp³-hybridized carbons (Fsp3) is 1.00. The van der Waals surface area contributed by atoms with Crippen molar-refractivity contribution in [3.8, 4) is 0 Å². The second-order valence-electron chi connectivity index (χ2n) is 5.64. The Morgan fingerprint density at radius 1 is 1.31 bits per heavy atom. The summed E-state index contributed by atoms with van der Waals surface area (Å²) in [5.41, 5.74) is 0.468. The first kappa shape index (κ1) is 12.4. The van der Waals surface area contributed by atoms with Crippen LogP contribution >= 0.6 is 0 Å². The zero-order valence-corrected chi connectivity index (χ0v) is 10.8. The number of nitrogens with one attached hydrogen (secondary N) is 1. The first-order chi connectivity index (χ1) is 7.85. The number of piperidine rings is 1. The lowest BCUT2D eigenvalue weighted by molar-refractivity contribution is 0.0459. The van der Waals surface area contributed by atoms with Gasteiger partial charge in [0.1, 0.15) is 0 Å². The Morgan fingerprint density at radius 2 is 2.25 bits per heavy atom.